The Labute approximate surface area is 684 Å². The van der Waals surface area contributed by atoms with Crippen molar-refractivity contribution in [2.45, 2.75) is 0 Å². The number of hydrogen-bond acceptors (Lipinski definition) is 9. The molecule has 11 heteroatoms. The summed E-state index contributed by atoms with van der Waals surface area (Å²) < 4.78 is 16.7. The van der Waals surface area contributed by atoms with Gasteiger partial charge in [-0.1, -0.05) is 255 Å². The Bertz CT molecular complexity index is 8800. The third-order valence-electron chi connectivity index (χ3n) is 24.2. The summed E-state index contributed by atoms with van der Waals surface area (Å²) in [5.41, 5.74) is 29.4. The van der Waals surface area contributed by atoms with E-state index in [1.165, 1.54) is 21.5 Å². The lowest BCUT2D eigenvalue weighted by Crippen LogP contribution is -1.97. The highest BCUT2D eigenvalue weighted by atomic mass is 16.3. The van der Waals surface area contributed by atoms with Crippen LogP contribution in [0, 0.1) is 0 Å². The maximum atomic E-state index is 6.12. The van der Waals surface area contributed by atoms with Gasteiger partial charge in [-0.3, -0.25) is 13.8 Å². The Kier molecular flexibility index (Phi) is 14.9. The first-order valence-corrected chi connectivity index (χ1v) is 40.4. The first kappa shape index (κ1) is 67.0. The zero-order valence-corrected chi connectivity index (χ0v) is 64.2. The number of furan rings is 2. The zero-order chi connectivity index (χ0) is 78.6. The summed E-state index contributed by atoms with van der Waals surface area (Å²) >= 11 is 0. The second-order valence-electron chi connectivity index (χ2n) is 31.0. The summed E-state index contributed by atoms with van der Waals surface area (Å²) in [5.74, 6) is 0. The summed E-state index contributed by atoms with van der Waals surface area (Å²) in [6.07, 6.45) is 6.14. The number of imidazole rings is 2. The fourth-order valence-corrected chi connectivity index (χ4v) is 18.4. The number of nitrogens with zero attached hydrogens (tertiary/aromatic N) is 9. The van der Waals surface area contributed by atoms with E-state index < -0.39 is 0 Å². The molecule has 0 radical (unpaired) electrons. The first-order chi connectivity index (χ1) is 59.4. The van der Waals surface area contributed by atoms with Crippen molar-refractivity contribution < 1.29 is 8.83 Å². The first-order valence-electron chi connectivity index (χ1n) is 40.4. The van der Waals surface area contributed by atoms with Crippen molar-refractivity contribution in [2.75, 3.05) is 0 Å². The fraction of sp³-hybridized carbons (Fsp3) is 0. The zero-order valence-electron chi connectivity index (χ0n) is 64.2. The van der Waals surface area contributed by atoms with Crippen molar-refractivity contribution in [3.8, 4) is 89.7 Å². The highest BCUT2D eigenvalue weighted by Crippen LogP contribution is 2.45. The minimum Gasteiger partial charge on any atom is -0.456 e. The van der Waals surface area contributed by atoms with E-state index in [0.29, 0.717) is 0 Å². The van der Waals surface area contributed by atoms with Gasteiger partial charge in [-0.05, 0) is 186 Å². The maximum absolute atomic E-state index is 6.12. The number of aromatic nitrogens is 9. The Morgan fingerprint density at radius 3 is 1.09 bits per heavy atom. The second kappa shape index (κ2) is 26.6. The number of hydrogen-bond donors (Lipinski definition) is 0. The molecule has 17 aromatic carbocycles. The molecule has 0 bridgehead atoms. The Balaban J connectivity index is 0.000000133. The van der Waals surface area contributed by atoms with Gasteiger partial charge in [-0.2, -0.15) is 0 Å². The smallest absolute Gasteiger partial charge is 0.138 e. The normalized spacial score (nSPS) is 12.0. The fourth-order valence-electron chi connectivity index (χ4n) is 18.4. The summed E-state index contributed by atoms with van der Waals surface area (Å²) in [6.45, 7) is 0. The molecular weight excluding hydrogens is 1470 g/mol. The molecule has 556 valence electrons. The van der Waals surface area contributed by atoms with Gasteiger partial charge < -0.3 is 8.83 Å². The molecule has 9 aromatic heterocycles. The van der Waals surface area contributed by atoms with Gasteiger partial charge in [0, 0.05) is 89.1 Å². The van der Waals surface area contributed by atoms with Crippen molar-refractivity contribution >= 4 is 164 Å². The van der Waals surface area contributed by atoms with E-state index in [9.17, 15) is 0 Å². The van der Waals surface area contributed by atoms with Crippen molar-refractivity contribution in [2.24, 2.45) is 0 Å². The number of benzene rings is 17. The predicted octanol–water partition coefficient (Wildman–Crippen LogP) is 28.3. The van der Waals surface area contributed by atoms with Crippen LogP contribution >= 0.6 is 0 Å². The van der Waals surface area contributed by atoms with Crippen molar-refractivity contribution in [3.05, 3.63) is 383 Å². The number of para-hydroxylation sites is 2. The third-order valence-corrected chi connectivity index (χ3v) is 24.2. The molecule has 0 aliphatic rings. The SMILES string of the molecule is c1ccc(-c2nc3c(ccc4cc(-c5ccc6c(c5)c5ccccc5c5nc7cc(-c8ccc9oc%10ccccc%10c9c8)ccn7c65)ccc43)nc2-c2ccccn2)cc1.c1ccc(-c2nc3ccc4ccc(-c5ccc6c(c5)c5ccccc5c5nc7cc(-c8ccc9oc%10ccccc%10c9c8)ccn7c65)cc4c3nc2-c2ccccc2)cc1. The van der Waals surface area contributed by atoms with E-state index in [-0.39, 0.29) is 0 Å². The van der Waals surface area contributed by atoms with Crippen LogP contribution in [0.2, 0.25) is 0 Å². The topological polar surface area (TPSA) is 125 Å². The minimum absolute atomic E-state index is 0.773. The van der Waals surface area contributed by atoms with Gasteiger partial charge in [0.25, 0.3) is 0 Å². The summed E-state index contributed by atoms with van der Waals surface area (Å²) in [6, 6.07) is 128. The molecule has 11 nitrogen and oxygen atoms in total. The van der Waals surface area contributed by atoms with E-state index >= 15 is 0 Å². The summed E-state index contributed by atoms with van der Waals surface area (Å²) in [5, 5.41) is 18.2. The Hall–Kier alpha value is -16.4. The molecule has 0 aliphatic carbocycles. The largest absolute Gasteiger partial charge is 0.456 e. The number of pyridine rings is 3. The monoisotopic (exact) mass is 1530 g/mol. The van der Waals surface area contributed by atoms with Gasteiger partial charge in [-0.15, -0.1) is 0 Å². The molecule has 26 aromatic rings. The predicted molar refractivity (Wildman–Crippen MR) is 492 cm³/mol. The van der Waals surface area contributed by atoms with Crippen LogP contribution < -0.4 is 0 Å². The average Bonchev–Trinajstić information content (AvgIpc) is 1.54. The van der Waals surface area contributed by atoms with Gasteiger partial charge >= 0.3 is 0 Å². The van der Waals surface area contributed by atoms with Crippen LogP contribution in [-0.2, 0) is 0 Å². The van der Waals surface area contributed by atoms with Crippen LogP contribution in [0.3, 0.4) is 0 Å². The van der Waals surface area contributed by atoms with E-state index in [2.05, 4.69) is 317 Å². The lowest BCUT2D eigenvalue weighted by Gasteiger charge is -2.13. The van der Waals surface area contributed by atoms with E-state index in [4.69, 9.17) is 38.7 Å². The van der Waals surface area contributed by atoms with Crippen LogP contribution in [0.25, 0.3) is 254 Å². The molecule has 9 heterocycles. The van der Waals surface area contributed by atoms with Gasteiger partial charge in [-0.25, -0.2) is 29.9 Å². The highest BCUT2D eigenvalue weighted by Gasteiger charge is 2.23. The molecule has 26 rings (SSSR count). The van der Waals surface area contributed by atoms with E-state index in [0.717, 1.165) is 232 Å². The summed E-state index contributed by atoms with van der Waals surface area (Å²) in [7, 11) is 0. The molecule has 120 heavy (non-hydrogen) atoms. The molecule has 0 aliphatic heterocycles. The highest BCUT2D eigenvalue weighted by molar-refractivity contribution is 6.26. The van der Waals surface area contributed by atoms with E-state index in [1.807, 2.05) is 72.8 Å². The van der Waals surface area contributed by atoms with Gasteiger partial charge in [0.1, 0.15) is 39.3 Å². The Morgan fingerprint density at radius 1 is 0.200 bits per heavy atom. The molecule has 0 spiro atoms. The van der Waals surface area contributed by atoms with E-state index in [1.54, 1.807) is 6.20 Å². The standard InChI is InChI=1S/C55H32N4O.C54H31N5O/c1-3-11-34(12-4-1)51-52(35-13-5-2-6-14-35)58-53-44-29-36(20-19-33(44)22-25-47(53)56-51)37-21-24-43-45(30-37)40-15-7-8-17-42(40)54-55(43)59-28-27-39(32-50(59)57-54)38-23-26-49-46(31-38)41-16-9-10-18-48(41)60-49;1-2-10-32(11-3-1)50-53(45-15-8-9-26-55-45)56-46-23-19-37-28-33(17-21-38(37)51(46)58-50)34-18-22-42-43(29-34)39-12-4-5-14-41(39)52-54(42)59-27-25-36(31-49(59)57-52)35-20-24-48-44(30-35)40-13-6-7-16-47(40)60-48/h1-32H;1-31H. The minimum atomic E-state index is 0.773. The van der Waals surface area contributed by atoms with Crippen LogP contribution in [0.15, 0.2) is 391 Å². The number of rotatable bonds is 8. The number of fused-ring (bicyclic) bond motifs is 28. The lowest BCUT2D eigenvalue weighted by atomic mass is 9.94. The van der Waals surface area contributed by atoms with Crippen molar-refractivity contribution in [1.82, 2.24) is 43.7 Å². The molecular formula is C109H63N9O2. The molecule has 0 atom stereocenters. The summed E-state index contributed by atoms with van der Waals surface area (Å²) in [4.78, 5) is 36.4. The Morgan fingerprint density at radius 2 is 0.575 bits per heavy atom. The molecule has 0 N–H and O–H groups in total. The van der Waals surface area contributed by atoms with Crippen LogP contribution in [-0.4, -0.2) is 43.7 Å². The maximum Gasteiger partial charge on any atom is 0.138 e. The lowest BCUT2D eigenvalue weighted by molar-refractivity contribution is 0.668. The molecule has 0 unspecified atom stereocenters. The van der Waals surface area contributed by atoms with Gasteiger partial charge in [0.15, 0.2) is 0 Å². The van der Waals surface area contributed by atoms with Gasteiger partial charge in [0.05, 0.1) is 66.9 Å². The second-order valence-corrected chi connectivity index (χ2v) is 31.0. The molecule has 0 amide bonds. The molecule has 0 saturated heterocycles. The van der Waals surface area contributed by atoms with Crippen LogP contribution in [0.4, 0.5) is 0 Å². The third kappa shape index (κ3) is 10.7. The average molecular weight is 1530 g/mol. The van der Waals surface area contributed by atoms with Crippen LogP contribution in [0.5, 0.6) is 0 Å². The van der Waals surface area contributed by atoms with Crippen LogP contribution in [0.1, 0.15) is 0 Å². The van der Waals surface area contributed by atoms with Gasteiger partial charge in [0.2, 0.25) is 0 Å². The molecule has 0 fully saturated rings. The van der Waals surface area contributed by atoms with Crippen molar-refractivity contribution in [3.63, 3.8) is 0 Å². The molecule has 0 saturated carbocycles. The van der Waals surface area contributed by atoms with Crippen molar-refractivity contribution in [1.29, 1.82) is 0 Å². The quantitative estimate of drug-likeness (QED) is 0.137.